The van der Waals surface area contributed by atoms with E-state index >= 15 is 0 Å². The molecule has 0 aromatic heterocycles. The molecular formula is C19H21NO2. The lowest BCUT2D eigenvalue weighted by atomic mass is 9.83. The van der Waals surface area contributed by atoms with Crippen molar-refractivity contribution in [1.29, 1.82) is 0 Å². The Morgan fingerprint density at radius 3 is 2.05 bits per heavy atom. The minimum absolute atomic E-state index is 0.203. The third-order valence-corrected chi connectivity index (χ3v) is 4.65. The molecule has 1 fully saturated rings. The summed E-state index contributed by atoms with van der Waals surface area (Å²) in [4.78, 5) is 11.3. The first-order valence-corrected chi connectivity index (χ1v) is 8.04. The van der Waals surface area contributed by atoms with Crippen molar-refractivity contribution in [3.63, 3.8) is 0 Å². The van der Waals surface area contributed by atoms with Crippen molar-refractivity contribution in [2.75, 3.05) is 0 Å². The molecule has 3 heteroatoms. The maximum absolute atomic E-state index is 11.5. The molecule has 1 atom stereocenters. The van der Waals surface area contributed by atoms with E-state index in [1.807, 2.05) is 42.5 Å². The quantitative estimate of drug-likeness (QED) is 0.581. The molecule has 1 unspecified atom stereocenters. The van der Waals surface area contributed by atoms with Crippen molar-refractivity contribution in [2.24, 2.45) is 0 Å². The summed E-state index contributed by atoms with van der Waals surface area (Å²) in [5, 5.41) is 11.5. The van der Waals surface area contributed by atoms with E-state index in [4.69, 9.17) is 0 Å². The highest BCUT2D eigenvalue weighted by Crippen LogP contribution is 2.34. The van der Waals surface area contributed by atoms with Crippen LogP contribution in [0.2, 0.25) is 0 Å². The highest BCUT2D eigenvalue weighted by molar-refractivity contribution is 5.33. The van der Waals surface area contributed by atoms with E-state index in [1.165, 1.54) is 37.7 Å². The van der Waals surface area contributed by atoms with Gasteiger partial charge in [-0.25, -0.2) is 0 Å². The molecule has 1 saturated carbocycles. The molecule has 22 heavy (non-hydrogen) atoms. The van der Waals surface area contributed by atoms with Gasteiger partial charge in [-0.1, -0.05) is 73.9 Å². The summed E-state index contributed by atoms with van der Waals surface area (Å²) in [6, 6.07) is 16.5. The van der Waals surface area contributed by atoms with Crippen molar-refractivity contribution in [1.82, 2.24) is 0 Å². The standard InChI is InChI=1S/C19H21NO2/c21-20(22)19(17-9-5-2-6-10-17)18-13-11-16(12-14-18)15-7-3-1-4-8-15/h2,5-6,9-15,19H,1,3-4,7-8H2. The zero-order chi connectivity index (χ0) is 15.4. The van der Waals surface area contributed by atoms with Gasteiger partial charge in [-0.2, -0.15) is 0 Å². The Morgan fingerprint density at radius 1 is 0.864 bits per heavy atom. The first kappa shape index (κ1) is 14.8. The second-order valence-corrected chi connectivity index (χ2v) is 6.10. The molecule has 0 aliphatic heterocycles. The minimum atomic E-state index is -0.776. The third kappa shape index (κ3) is 3.19. The van der Waals surface area contributed by atoms with Crippen molar-refractivity contribution in [3.05, 3.63) is 81.4 Å². The van der Waals surface area contributed by atoms with Crippen LogP contribution in [0.15, 0.2) is 54.6 Å². The molecule has 0 amide bonds. The zero-order valence-electron chi connectivity index (χ0n) is 12.7. The molecular weight excluding hydrogens is 274 g/mol. The van der Waals surface area contributed by atoms with Gasteiger partial charge < -0.3 is 0 Å². The Balaban J connectivity index is 1.85. The molecule has 2 aromatic rings. The van der Waals surface area contributed by atoms with E-state index in [1.54, 1.807) is 0 Å². The van der Waals surface area contributed by atoms with Gasteiger partial charge in [0.2, 0.25) is 0 Å². The van der Waals surface area contributed by atoms with E-state index in [2.05, 4.69) is 12.1 Å². The van der Waals surface area contributed by atoms with Gasteiger partial charge >= 0.3 is 0 Å². The fraction of sp³-hybridized carbons (Fsp3) is 0.368. The van der Waals surface area contributed by atoms with Crippen LogP contribution in [0.1, 0.15) is 60.8 Å². The SMILES string of the molecule is O=[N+]([O-])C(c1ccccc1)c1ccc(C2CCCCC2)cc1. The van der Waals surface area contributed by atoms with Gasteiger partial charge in [-0.15, -0.1) is 0 Å². The number of nitrogens with zero attached hydrogens (tertiary/aromatic N) is 1. The molecule has 3 rings (SSSR count). The van der Waals surface area contributed by atoms with Gasteiger partial charge in [0.1, 0.15) is 0 Å². The van der Waals surface area contributed by atoms with Gasteiger partial charge in [-0.05, 0) is 24.3 Å². The number of benzene rings is 2. The summed E-state index contributed by atoms with van der Waals surface area (Å²) in [6.45, 7) is 0. The molecule has 0 saturated heterocycles. The van der Waals surface area contributed by atoms with Crippen LogP contribution in [-0.4, -0.2) is 4.92 Å². The van der Waals surface area contributed by atoms with Crippen LogP contribution in [0, 0.1) is 10.1 Å². The first-order valence-electron chi connectivity index (χ1n) is 8.04. The molecule has 0 spiro atoms. The second-order valence-electron chi connectivity index (χ2n) is 6.10. The largest absolute Gasteiger partial charge is 0.264 e. The normalized spacial score (nSPS) is 17.1. The molecule has 0 heterocycles. The molecule has 3 nitrogen and oxygen atoms in total. The van der Waals surface area contributed by atoms with E-state index in [9.17, 15) is 10.1 Å². The van der Waals surface area contributed by atoms with Crippen LogP contribution >= 0.6 is 0 Å². The van der Waals surface area contributed by atoms with Crippen molar-refractivity contribution in [2.45, 2.75) is 44.1 Å². The van der Waals surface area contributed by atoms with Gasteiger partial charge in [0.05, 0.1) is 0 Å². The summed E-state index contributed by atoms with van der Waals surface area (Å²) >= 11 is 0. The lowest BCUT2D eigenvalue weighted by Crippen LogP contribution is -2.12. The summed E-state index contributed by atoms with van der Waals surface area (Å²) in [5.74, 6) is 0.633. The predicted octanol–water partition coefficient (Wildman–Crippen LogP) is 5.10. The van der Waals surface area contributed by atoms with Crippen LogP contribution in [0.4, 0.5) is 0 Å². The smallest absolute Gasteiger partial charge is 0.263 e. The van der Waals surface area contributed by atoms with Gasteiger partial charge in [0.25, 0.3) is 6.04 Å². The number of hydrogen-bond acceptors (Lipinski definition) is 2. The van der Waals surface area contributed by atoms with E-state index in [0.717, 1.165) is 11.1 Å². The average Bonchev–Trinajstić information content (AvgIpc) is 2.57. The highest BCUT2D eigenvalue weighted by Gasteiger charge is 2.25. The van der Waals surface area contributed by atoms with Crippen molar-refractivity contribution < 1.29 is 4.92 Å². The zero-order valence-corrected chi connectivity index (χ0v) is 12.7. The monoisotopic (exact) mass is 295 g/mol. The lowest BCUT2D eigenvalue weighted by Gasteiger charge is -2.22. The van der Waals surface area contributed by atoms with Crippen LogP contribution in [-0.2, 0) is 0 Å². The minimum Gasteiger partial charge on any atom is -0.264 e. The number of hydrogen-bond donors (Lipinski definition) is 0. The van der Waals surface area contributed by atoms with Crippen molar-refractivity contribution >= 4 is 0 Å². The molecule has 0 radical (unpaired) electrons. The maximum atomic E-state index is 11.5. The number of rotatable bonds is 4. The Morgan fingerprint density at radius 2 is 1.45 bits per heavy atom. The Kier molecular flexibility index (Phi) is 4.52. The molecule has 1 aliphatic carbocycles. The van der Waals surface area contributed by atoms with Gasteiger partial charge in [0, 0.05) is 16.1 Å². The van der Waals surface area contributed by atoms with Crippen LogP contribution < -0.4 is 0 Å². The second kappa shape index (κ2) is 6.73. The van der Waals surface area contributed by atoms with Gasteiger partial charge in [-0.3, -0.25) is 10.1 Å². The van der Waals surface area contributed by atoms with Gasteiger partial charge in [0.15, 0.2) is 0 Å². The summed E-state index contributed by atoms with van der Waals surface area (Å²) in [5.41, 5.74) is 2.83. The highest BCUT2D eigenvalue weighted by atomic mass is 16.6. The van der Waals surface area contributed by atoms with E-state index < -0.39 is 6.04 Å². The molecule has 0 N–H and O–H groups in total. The molecule has 114 valence electrons. The van der Waals surface area contributed by atoms with Crippen LogP contribution in [0.3, 0.4) is 0 Å². The average molecular weight is 295 g/mol. The first-order chi connectivity index (χ1) is 10.8. The summed E-state index contributed by atoms with van der Waals surface area (Å²) < 4.78 is 0. The number of nitro groups is 1. The third-order valence-electron chi connectivity index (χ3n) is 4.65. The maximum Gasteiger partial charge on any atom is 0.263 e. The van der Waals surface area contributed by atoms with Crippen molar-refractivity contribution in [3.8, 4) is 0 Å². The molecule has 2 aromatic carbocycles. The summed E-state index contributed by atoms with van der Waals surface area (Å²) in [6.07, 6.45) is 6.43. The Bertz CT molecular complexity index is 616. The van der Waals surface area contributed by atoms with E-state index in [-0.39, 0.29) is 4.92 Å². The Hall–Kier alpha value is -2.16. The van der Waals surface area contributed by atoms with E-state index in [0.29, 0.717) is 5.92 Å². The van der Waals surface area contributed by atoms with Crippen LogP contribution in [0.5, 0.6) is 0 Å². The molecule has 0 bridgehead atoms. The fourth-order valence-corrected chi connectivity index (χ4v) is 3.46. The predicted molar refractivity (Wildman–Crippen MR) is 87.5 cm³/mol. The molecule has 1 aliphatic rings. The fourth-order valence-electron chi connectivity index (χ4n) is 3.46. The lowest BCUT2D eigenvalue weighted by molar-refractivity contribution is -0.517. The summed E-state index contributed by atoms with van der Waals surface area (Å²) in [7, 11) is 0. The topological polar surface area (TPSA) is 43.1 Å². The van der Waals surface area contributed by atoms with Crippen LogP contribution in [0.25, 0.3) is 0 Å². The Labute approximate surface area is 131 Å².